The average Bonchev–Trinajstić information content (AvgIpc) is 2.64. The van der Waals surface area contributed by atoms with Crippen LogP contribution in [0.3, 0.4) is 0 Å². The van der Waals surface area contributed by atoms with Crippen LogP contribution in [0.2, 0.25) is 5.02 Å². The molecule has 0 unspecified atom stereocenters. The molecule has 0 spiro atoms. The molecule has 2 aromatic carbocycles. The van der Waals surface area contributed by atoms with Gasteiger partial charge in [0.1, 0.15) is 9.84 Å². The number of halogens is 1. The van der Waals surface area contributed by atoms with Crippen LogP contribution >= 0.6 is 11.6 Å². The Hall–Kier alpha value is -2.58. The number of rotatable bonds is 6. The molecule has 2 N–H and O–H groups in total. The second kappa shape index (κ2) is 8.42. The maximum Gasteiger partial charge on any atom is 0.257 e. The third-order valence-electron chi connectivity index (χ3n) is 4.70. The molecule has 0 saturated carbocycles. The van der Waals surface area contributed by atoms with E-state index < -0.39 is 9.84 Å². The van der Waals surface area contributed by atoms with Gasteiger partial charge < -0.3 is 15.5 Å². The molecule has 2 aromatic rings. The zero-order valence-corrected chi connectivity index (χ0v) is 17.7. The highest BCUT2D eigenvalue weighted by atomic mass is 35.5. The van der Waals surface area contributed by atoms with Crippen LogP contribution in [0.25, 0.3) is 0 Å². The molecule has 29 heavy (non-hydrogen) atoms. The SMILES string of the molecule is CN1C(=O)CCc2ccc(NC(=O)c3ccc(Cl)cc3NCCS(C)(=O)=O)cc21. The fourth-order valence-corrected chi connectivity index (χ4v) is 3.78. The Morgan fingerprint density at radius 1 is 1.17 bits per heavy atom. The Morgan fingerprint density at radius 2 is 1.93 bits per heavy atom. The van der Waals surface area contributed by atoms with E-state index in [-0.39, 0.29) is 24.1 Å². The number of anilines is 3. The molecule has 0 fully saturated rings. The number of hydrogen-bond acceptors (Lipinski definition) is 5. The summed E-state index contributed by atoms with van der Waals surface area (Å²) in [5.41, 5.74) is 3.18. The van der Waals surface area contributed by atoms with Crippen LogP contribution in [-0.4, -0.2) is 45.8 Å². The lowest BCUT2D eigenvalue weighted by atomic mass is 10.0. The fourth-order valence-electron chi connectivity index (χ4n) is 3.14. The molecule has 0 aliphatic carbocycles. The molecule has 3 rings (SSSR count). The van der Waals surface area contributed by atoms with Crippen LogP contribution in [0.1, 0.15) is 22.3 Å². The number of nitrogens with zero attached hydrogens (tertiary/aromatic N) is 1. The predicted molar refractivity (Wildman–Crippen MR) is 116 cm³/mol. The molecule has 2 amide bonds. The van der Waals surface area contributed by atoms with Gasteiger partial charge in [0.15, 0.2) is 0 Å². The van der Waals surface area contributed by atoms with Gasteiger partial charge in [-0.1, -0.05) is 17.7 Å². The van der Waals surface area contributed by atoms with Crippen molar-refractivity contribution in [2.45, 2.75) is 12.8 Å². The Morgan fingerprint density at radius 3 is 2.66 bits per heavy atom. The lowest BCUT2D eigenvalue weighted by Crippen LogP contribution is -2.31. The monoisotopic (exact) mass is 435 g/mol. The third kappa shape index (κ3) is 5.27. The summed E-state index contributed by atoms with van der Waals surface area (Å²) in [5, 5.41) is 6.22. The normalized spacial score (nSPS) is 13.8. The first-order chi connectivity index (χ1) is 13.6. The molecule has 1 heterocycles. The first-order valence-corrected chi connectivity index (χ1v) is 11.5. The number of benzene rings is 2. The van der Waals surface area contributed by atoms with Crippen molar-refractivity contribution in [3.63, 3.8) is 0 Å². The summed E-state index contributed by atoms with van der Waals surface area (Å²) in [5.74, 6) is -0.393. The van der Waals surface area contributed by atoms with Crippen LogP contribution in [0.15, 0.2) is 36.4 Å². The average molecular weight is 436 g/mol. The molecule has 0 saturated heterocycles. The van der Waals surface area contributed by atoms with E-state index in [9.17, 15) is 18.0 Å². The molecular formula is C20H22ClN3O4S. The minimum Gasteiger partial charge on any atom is -0.383 e. The van der Waals surface area contributed by atoms with Gasteiger partial charge in [-0.25, -0.2) is 8.42 Å². The van der Waals surface area contributed by atoms with Crippen LogP contribution in [0.4, 0.5) is 17.1 Å². The zero-order chi connectivity index (χ0) is 21.2. The van der Waals surface area contributed by atoms with Gasteiger partial charge in [-0.05, 0) is 42.3 Å². The van der Waals surface area contributed by atoms with E-state index in [2.05, 4.69) is 10.6 Å². The van der Waals surface area contributed by atoms with E-state index in [1.165, 1.54) is 0 Å². The van der Waals surface area contributed by atoms with E-state index in [0.717, 1.165) is 17.5 Å². The van der Waals surface area contributed by atoms with Crippen molar-refractivity contribution < 1.29 is 18.0 Å². The Bertz CT molecular complexity index is 1070. The van der Waals surface area contributed by atoms with E-state index in [1.807, 2.05) is 6.07 Å². The number of carbonyl (C=O) groups excluding carboxylic acids is 2. The number of fused-ring (bicyclic) bond motifs is 1. The highest BCUT2D eigenvalue weighted by Gasteiger charge is 2.21. The molecule has 1 aliphatic heterocycles. The van der Waals surface area contributed by atoms with Crippen molar-refractivity contribution in [2.75, 3.05) is 41.1 Å². The molecule has 0 aromatic heterocycles. The van der Waals surface area contributed by atoms with Gasteiger partial charge in [0.25, 0.3) is 5.91 Å². The van der Waals surface area contributed by atoms with Crippen molar-refractivity contribution >= 4 is 50.3 Å². The van der Waals surface area contributed by atoms with Gasteiger partial charge >= 0.3 is 0 Å². The topological polar surface area (TPSA) is 95.6 Å². The maximum atomic E-state index is 12.8. The van der Waals surface area contributed by atoms with E-state index >= 15 is 0 Å². The smallest absolute Gasteiger partial charge is 0.257 e. The van der Waals surface area contributed by atoms with Gasteiger partial charge in [-0.3, -0.25) is 9.59 Å². The van der Waals surface area contributed by atoms with Crippen LogP contribution in [0, 0.1) is 0 Å². The van der Waals surface area contributed by atoms with E-state index in [0.29, 0.717) is 34.8 Å². The highest BCUT2D eigenvalue weighted by Crippen LogP contribution is 2.30. The number of aryl methyl sites for hydroxylation is 1. The van der Waals surface area contributed by atoms with Crippen LogP contribution < -0.4 is 15.5 Å². The Labute approximate surface area is 175 Å². The number of hydrogen-bond donors (Lipinski definition) is 2. The predicted octanol–water partition coefficient (Wildman–Crippen LogP) is 2.96. The molecule has 0 bridgehead atoms. The summed E-state index contributed by atoms with van der Waals surface area (Å²) >= 11 is 6.03. The van der Waals surface area contributed by atoms with Crippen molar-refractivity contribution in [3.8, 4) is 0 Å². The lowest BCUT2D eigenvalue weighted by Gasteiger charge is -2.26. The van der Waals surface area contributed by atoms with E-state index in [1.54, 1.807) is 42.3 Å². The summed E-state index contributed by atoms with van der Waals surface area (Å²) < 4.78 is 22.7. The van der Waals surface area contributed by atoms with Crippen molar-refractivity contribution in [2.24, 2.45) is 0 Å². The van der Waals surface area contributed by atoms with Gasteiger partial charge in [0.05, 0.1) is 11.3 Å². The number of carbonyl (C=O) groups is 2. The standard InChI is InChI=1S/C20H22ClN3O4S/c1-24-18-12-15(6-3-13(18)4-8-19(24)25)23-20(26)16-7-5-14(21)11-17(16)22-9-10-29(2,27)28/h3,5-7,11-12,22H,4,8-10H2,1-2H3,(H,23,26). The third-order valence-corrected chi connectivity index (χ3v) is 5.88. The Kier molecular flexibility index (Phi) is 6.14. The van der Waals surface area contributed by atoms with Crippen molar-refractivity contribution in [3.05, 3.63) is 52.5 Å². The van der Waals surface area contributed by atoms with E-state index in [4.69, 9.17) is 11.6 Å². The minimum absolute atomic E-state index is 0.0380. The molecular weight excluding hydrogens is 414 g/mol. The first kappa shape index (κ1) is 21.1. The summed E-state index contributed by atoms with van der Waals surface area (Å²) in [7, 11) is -1.42. The van der Waals surface area contributed by atoms with Crippen LogP contribution in [0.5, 0.6) is 0 Å². The Balaban J connectivity index is 1.80. The summed E-state index contributed by atoms with van der Waals surface area (Å²) in [6, 6.07) is 10.2. The first-order valence-electron chi connectivity index (χ1n) is 9.06. The van der Waals surface area contributed by atoms with Crippen LogP contribution in [-0.2, 0) is 21.1 Å². The van der Waals surface area contributed by atoms with Gasteiger partial charge in [-0.2, -0.15) is 0 Å². The number of nitrogens with one attached hydrogen (secondary N) is 2. The van der Waals surface area contributed by atoms with Crippen molar-refractivity contribution in [1.82, 2.24) is 0 Å². The molecule has 1 aliphatic rings. The molecule has 7 nitrogen and oxygen atoms in total. The molecule has 0 radical (unpaired) electrons. The minimum atomic E-state index is -3.13. The van der Waals surface area contributed by atoms with Crippen molar-refractivity contribution in [1.29, 1.82) is 0 Å². The molecule has 9 heteroatoms. The molecule has 154 valence electrons. The number of amides is 2. The van der Waals surface area contributed by atoms with Gasteiger partial charge in [0, 0.05) is 48.4 Å². The molecule has 0 atom stereocenters. The summed E-state index contributed by atoms with van der Waals surface area (Å²) in [4.78, 5) is 26.4. The largest absolute Gasteiger partial charge is 0.383 e. The zero-order valence-electron chi connectivity index (χ0n) is 16.2. The summed E-state index contributed by atoms with van der Waals surface area (Å²) in [6.45, 7) is 0.158. The maximum absolute atomic E-state index is 12.8. The second-order valence-corrected chi connectivity index (χ2v) is 9.69. The number of sulfone groups is 1. The van der Waals surface area contributed by atoms with Gasteiger partial charge in [0.2, 0.25) is 5.91 Å². The van der Waals surface area contributed by atoms with Gasteiger partial charge in [-0.15, -0.1) is 0 Å². The quantitative estimate of drug-likeness (QED) is 0.727. The second-order valence-electron chi connectivity index (χ2n) is 7.00. The fraction of sp³-hybridized carbons (Fsp3) is 0.300. The highest BCUT2D eigenvalue weighted by molar-refractivity contribution is 7.90. The lowest BCUT2D eigenvalue weighted by molar-refractivity contribution is -0.118. The summed E-state index contributed by atoms with van der Waals surface area (Å²) in [6.07, 6.45) is 2.30.